The van der Waals surface area contributed by atoms with Crippen molar-refractivity contribution in [2.75, 3.05) is 6.61 Å². The molecule has 2 heterocycles. The van der Waals surface area contributed by atoms with Crippen molar-refractivity contribution >= 4 is 54.8 Å². The molecule has 1 aromatic heterocycles. The molecule has 0 amide bonds. The van der Waals surface area contributed by atoms with E-state index in [0.29, 0.717) is 10.9 Å². The summed E-state index contributed by atoms with van der Waals surface area (Å²) in [5.74, 6) is 0. The molecular formula is C10H11Br2ClOS. The third-order valence-corrected chi connectivity index (χ3v) is 6.23. The summed E-state index contributed by atoms with van der Waals surface area (Å²) in [7, 11) is 0. The average Bonchev–Trinajstić information content (AvgIpc) is 2.78. The number of halogens is 3. The van der Waals surface area contributed by atoms with E-state index in [4.69, 9.17) is 16.3 Å². The van der Waals surface area contributed by atoms with E-state index >= 15 is 0 Å². The lowest BCUT2D eigenvalue weighted by Crippen LogP contribution is -2.07. The maximum atomic E-state index is 6.00. The van der Waals surface area contributed by atoms with E-state index in [0.717, 1.165) is 21.8 Å². The zero-order chi connectivity index (χ0) is 10.8. The molecule has 84 valence electrons. The predicted molar refractivity (Wildman–Crippen MR) is 72.3 cm³/mol. The molecule has 0 spiro atoms. The normalized spacial score (nSPS) is 23.3. The second-order valence-electron chi connectivity index (χ2n) is 3.61. The summed E-state index contributed by atoms with van der Waals surface area (Å²) in [4.78, 5) is 1.62. The van der Waals surface area contributed by atoms with Gasteiger partial charge in [0.25, 0.3) is 0 Å². The molecule has 1 aromatic rings. The van der Waals surface area contributed by atoms with Crippen LogP contribution in [0.5, 0.6) is 0 Å². The highest BCUT2D eigenvalue weighted by Crippen LogP contribution is 2.41. The van der Waals surface area contributed by atoms with Crippen molar-refractivity contribution in [1.82, 2.24) is 0 Å². The van der Waals surface area contributed by atoms with Gasteiger partial charge in [0.05, 0.1) is 19.7 Å². The minimum Gasteiger partial charge on any atom is -0.378 e. The van der Waals surface area contributed by atoms with Crippen molar-refractivity contribution in [3.63, 3.8) is 0 Å². The van der Waals surface area contributed by atoms with Crippen LogP contribution < -0.4 is 0 Å². The van der Waals surface area contributed by atoms with Crippen LogP contribution in [0, 0.1) is 0 Å². The molecule has 1 fully saturated rings. The van der Waals surface area contributed by atoms with Crippen LogP contribution in [0.15, 0.2) is 9.85 Å². The van der Waals surface area contributed by atoms with Gasteiger partial charge in [-0.15, -0.1) is 11.3 Å². The van der Waals surface area contributed by atoms with Gasteiger partial charge < -0.3 is 4.74 Å². The second-order valence-corrected chi connectivity index (χ2v) is 7.52. The minimum absolute atomic E-state index is 0.356. The molecule has 0 radical (unpaired) electrons. The highest BCUT2D eigenvalue weighted by Gasteiger charge is 2.21. The Morgan fingerprint density at radius 2 is 2.47 bits per heavy atom. The highest BCUT2D eigenvalue weighted by molar-refractivity contribution is 9.11. The molecule has 2 unspecified atom stereocenters. The lowest BCUT2D eigenvalue weighted by atomic mass is 10.1. The summed E-state index contributed by atoms with van der Waals surface area (Å²) in [5, 5.41) is 0.798. The number of hydrogen-bond donors (Lipinski definition) is 0. The quantitative estimate of drug-likeness (QED) is 0.663. The molecule has 0 N–H and O–H groups in total. The summed E-state index contributed by atoms with van der Waals surface area (Å²) in [5.41, 5.74) is 0. The standard InChI is InChI=1S/C10H11Br2ClOS/c11-7(4-6-2-1-3-14-6)9-5-8(13)10(12)15-9/h5-7H,1-4H2. The fraction of sp³-hybridized carbons (Fsp3) is 0.600. The fourth-order valence-corrected chi connectivity index (χ4v) is 4.26. The first-order chi connectivity index (χ1) is 7.16. The van der Waals surface area contributed by atoms with Crippen LogP contribution >= 0.6 is 54.8 Å². The van der Waals surface area contributed by atoms with Crippen LogP contribution in [-0.4, -0.2) is 12.7 Å². The first kappa shape index (κ1) is 12.4. The Labute approximate surface area is 115 Å². The largest absolute Gasteiger partial charge is 0.378 e. The molecule has 0 bridgehead atoms. The van der Waals surface area contributed by atoms with Crippen molar-refractivity contribution < 1.29 is 4.74 Å². The van der Waals surface area contributed by atoms with E-state index in [1.54, 1.807) is 11.3 Å². The molecule has 1 nitrogen and oxygen atoms in total. The van der Waals surface area contributed by atoms with Crippen molar-refractivity contribution in [1.29, 1.82) is 0 Å². The molecule has 1 aliphatic rings. The minimum atomic E-state index is 0.356. The number of alkyl halides is 1. The molecule has 15 heavy (non-hydrogen) atoms. The molecule has 0 saturated carbocycles. The van der Waals surface area contributed by atoms with Gasteiger partial charge in [0.1, 0.15) is 0 Å². The summed E-state index contributed by atoms with van der Waals surface area (Å²) in [6, 6.07) is 2.02. The highest BCUT2D eigenvalue weighted by atomic mass is 79.9. The average molecular weight is 375 g/mol. The van der Waals surface area contributed by atoms with Crippen molar-refractivity contribution in [3.8, 4) is 0 Å². The van der Waals surface area contributed by atoms with E-state index in [2.05, 4.69) is 31.9 Å². The Balaban J connectivity index is 1.97. The van der Waals surface area contributed by atoms with Gasteiger partial charge >= 0.3 is 0 Å². The number of rotatable bonds is 3. The summed E-state index contributed by atoms with van der Waals surface area (Å²) < 4.78 is 6.62. The summed E-state index contributed by atoms with van der Waals surface area (Å²) >= 11 is 14.8. The monoisotopic (exact) mass is 372 g/mol. The van der Waals surface area contributed by atoms with Gasteiger partial charge in [-0.05, 0) is 41.3 Å². The number of ether oxygens (including phenoxy) is 1. The van der Waals surface area contributed by atoms with Crippen LogP contribution in [0.2, 0.25) is 5.02 Å². The van der Waals surface area contributed by atoms with Gasteiger partial charge in [-0.2, -0.15) is 0 Å². The number of thiophene rings is 1. The Kier molecular flexibility index (Phi) is 4.53. The lowest BCUT2D eigenvalue weighted by molar-refractivity contribution is 0.104. The maximum absolute atomic E-state index is 6.00. The van der Waals surface area contributed by atoms with Crippen LogP contribution in [0.1, 0.15) is 29.0 Å². The van der Waals surface area contributed by atoms with E-state index in [-0.39, 0.29) is 0 Å². The van der Waals surface area contributed by atoms with Gasteiger partial charge in [0.15, 0.2) is 0 Å². The molecule has 1 aliphatic heterocycles. The van der Waals surface area contributed by atoms with E-state index < -0.39 is 0 Å². The Hall–Kier alpha value is 0.910. The van der Waals surface area contributed by atoms with Crippen molar-refractivity contribution in [2.24, 2.45) is 0 Å². The van der Waals surface area contributed by atoms with Crippen molar-refractivity contribution in [2.45, 2.75) is 30.2 Å². The zero-order valence-corrected chi connectivity index (χ0v) is 12.8. The maximum Gasteiger partial charge on any atom is 0.0887 e. The molecule has 2 atom stereocenters. The molecule has 5 heteroatoms. The van der Waals surface area contributed by atoms with Gasteiger partial charge in [-0.3, -0.25) is 0 Å². The Bertz CT molecular complexity index is 317. The topological polar surface area (TPSA) is 9.23 Å². The van der Waals surface area contributed by atoms with Gasteiger partial charge in [0, 0.05) is 11.5 Å². The summed E-state index contributed by atoms with van der Waals surface area (Å²) in [6.45, 7) is 0.916. The molecule has 2 rings (SSSR count). The third-order valence-electron chi connectivity index (χ3n) is 2.47. The molecular weight excluding hydrogens is 363 g/mol. The van der Waals surface area contributed by atoms with Crippen LogP contribution in [0.3, 0.4) is 0 Å². The van der Waals surface area contributed by atoms with Crippen molar-refractivity contribution in [3.05, 3.63) is 19.8 Å². The molecule has 1 saturated heterocycles. The Morgan fingerprint density at radius 1 is 1.67 bits per heavy atom. The van der Waals surface area contributed by atoms with Gasteiger partial charge in [-0.1, -0.05) is 27.5 Å². The van der Waals surface area contributed by atoms with Gasteiger partial charge in [-0.25, -0.2) is 0 Å². The smallest absolute Gasteiger partial charge is 0.0887 e. The van der Waals surface area contributed by atoms with Gasteiger partial charge in [0.2, 0.25) is 0 Å². The fourth-order valence-electron chi connectivity index (χ4n) is 1.69. The lowest BCUT2D eigenvalue weighted by Gasteiger charge is -2.12. The van der Waals surface area contributed by atoms with Crippen LogP contribution in [0.25, 0.3) is 0 Å². The van der Waals surface area contributed by atoms with Crippen LogP contribution in [0.4, 0.5) is 0 Å². The Morgan fingerprint density at radius 3 is 3.00 bits per heavy atom. The molecule has 0 aliphatic carbocycles. The first-order valence-corrected chi connectivity index (χ1v) is 7.77. The molecule has 0 aromatic carbocycles. The van der Waals surface area contributed by atoms with E-state index in [9.17, 15) is 0 Å². The number of hydrogen-bond acceptors (Lipinski definition) is 2. The summed E-state index contributed by atoms with van der Waals surface area (Å²) in [6.07, 6.45) is 3.82. The second kappa shape index (κ2) is 5.50. The van der Waals surface area contributed by atoms with E-state index in [1.807, 2.05) is 6.07 Å². The SMILES string of the molecule is Clc1cc(C(Br)CC2CCCO2)sc1Br. The third kappa shape index (κ3) is 3.19. The van der Waals surface area contributed by atoms with E-state index in [1.165, 1.54) is 17.7 Å². The zero-order valence-electron chi connectivity index (χ0n) is 8.01. The predicted octanol–water partition coefficient (Wildman–Crippen LogP) is 5.17. The van der Waals surface area contributed by atoms with Crippen LogP contribution in [-0.2, 0) is 4.74 Å². The first-order valence-electron chi connectivity index (χ1n) is 4.87.